The zero-order chi connectivity index (χ0) is 14.9. The van der Waals surface area contributed by atoms with Gasteiger partial charge in [-0.25, -0.2) is 8.78 Å². The summed E-state index contributed by atoms with van der Waals surface area (Å²) in [4.78, 5) is -0.452. The molecule has 1 unspecified atom stereocenters. The van der Waals surface area contributed by atoms with Gasteiger partial charge in [0.2, 0.25) is 0 Å². The van der Waals surface area contributed by atoms with Crippen molar-refractivity contribution in [2.75, 3.05) is 7.11 Å². The maximum absolute atomic E-state index is 13.9. The van der Waals surface area contributed by atoms with E-state index in [0.717, 1.165) is 16.1 Å². The molecule has 0 amide bonds. The number of hydrogen-bond acceptors (Lipinski definition) is 1. The maximum atomic E-state index is 13.9. The highest BCUT2D eigenvalue weighted by molar-refractivity contribution is 9.11. The Kier molecular flexibility index (Phi) is 5.20. The first kappa shape index (κ1) is 15.9. The fourth-order valence-electron chi connectivity index (χ4n) is 1.75. The Bertz CT molecular complexity index is 647. The van der Waals surface area contributed by atoms with Gasteiger partial charge in [0.15, 0.2) is 0 Å². The first-order chi connectivity index (χ1) is 9.43. The topological polar surface area (TPSA) is 9.23 Å². The Morgan fingerprint density at radius 1 is 1.00 bits per heavy atom. The Hall–Kier alpha value is -0.460. The van der Waals surface area contributed by atoms with E-state index in [-0.39, 0.29) is 10.0 Å². The molecule has 2 aromatic carbocycles. The monoisotopic (exact) mass is 468 g/mol. The molecule has 0 saturated heterocycles. The van der Waals surface area contributed by atoms with Gasteiger partial charge in [0.05, 0.1) is 20.9 Å². The van der Waals surface area contributed by atoms with Crippen LogP contribution in [0.4, 0.5) is 8.78 Å². The van der Waals surface area contributed by atoms with Crippen LogP contribution in [0.5, 0.6) is 5.75 Å². The summed E-state index contributed by atoms with van der Waals surface area (Å²) in [5.41, 5.74) is 1.03. The van der Waals surface area contributed by atoms with Gasteiger partial charge in [0.25, 0.3) is 0 Å². The first-order valence-corrected chi connectivity index (χ1v) is 8.06. The van der Waals surface area contributed by atoms with E-state index in [2.05, 4.69) is 47.8 Å². The highest BCUT2D eigenvalue weighted by Crippen LogP contribution is 2.37. The molecule has 1 nitrogen and oxygen atoms in total. The van der Waals surface area contributed by atoms with Gasteiger partial charge in [-0.1, -0.05) is 22.0 Å². The van der Waals surface area contributed by atoms with Crippen LogP contribution in [0.2, 0.25) is 0 Å². The molecule has 2 aromatic rings. The van der Waals surface area contributed by atoms with E-state index in [1.807, 2.05) is 0 Å². The third-order valence-corrected chi connectivity index (χ3v) is 5.03. The molecule has 0 N–H and O–H groups in total. The molecule has 20 heavy (non-hydrogen) atoms. The van der Waals surface area contributed by atoms with Crippen LogP contribution in [0.3, 0.4) is 0 Å². The van der Waals surface area contributed by atoms with Crippen LogP contribution in [0.1, 0.15) is 16.0 Å². The van der Waals surface area contributed by atoms with Crippen molar-refractivity contribution in [2.45, 2.75) is 4.83 Å². The van der Waals surface area contributed by atoms with Crippen LogP contribution < -0.4 is 4.74 Å². The molecule has 106 valence electrons. The number of halogens is 5. The lowest BCUT2D eigenvalue weighted by Crippen LogP contribution is -1.99. The molecule has 0 radical (unpaired) electrons. The van der Waals surface area contributed by atoms with Crippen LogP contribution >= 0.6 is 47.8 Å². The molecule has 0 bridgehead atoms. The Morgan fingerprint density at radius 2 is 1.70 bits per heavy atom. The van der Waals surface area contributed by atoms with Crippen molar-refractivity contribution in [2.24, 2.45) is 0 Å². The number of hydrogen-bond donors (Lipinski definition) is 0. The minimum absolute atomic E-state index is 0.106. The molecular formula is C14H9Br3F2O. The van der Waals surface area contributed by atoms with Crippen molar-refractivity contribution in [3.63, 3.8) is 0 Å². The molecular weight excluding hydrogens is 462 g/mol. The van der Waals surface area contributed by atoms with Crippen LogP contribution in [0, 0.1) is 11.6 Å². The van der Waals surface area contributed by atoms with Gasteiger partial charge in [0.1, 0.15) is 17.4 Å². The zero-order valence-electron chi connectivity index (χ0n) is 10.3. The smallest absolute Gasteiger partial charge is 0.137 e. The fourth-order valence-corrected chi connectivity index (χ4v) is 3.26. The molecule has 0 aliphatic rings. The first-order valence-electron chi connectivity index (χ1n) is 5.56. The molecule has 0 aromatic heterocycles. The summed E-state index contributed by atoms with van der Waals surface area (Å²) in [6, 6.07) is 7.66. The summed E-state index contributed by atoms with van der Waals surface area (Å²) in [7, 11) is 1.56. The van der Waals surface area contributed by atoms with E-state index in [1.165, 1.54) is 6.07 Å². The Labute approximate surface area is 140 Å². The van der Waals surface area contributed by atoms with Crippen molar-refractivity contribution in [1.29, 1.82) is 0 Å². The molecule has 2 rings (SSSR count). The molecule has 0 heterocycles. The molecule has 0 aliphatic heterocycles. The van der Waals surface area contributed by atoms with Crippen molar-refractivity contribution in [3.8, 4) is 5.75 Å². The summed E-state index contributed by atoms with van der Waals surface area (Å²) < 4.78 is 33.5. The summed E-state index contributed by atoms with van der Waals surface area (Å²) >= 11 is 9.73. The van der Waals surface area contributed by atoms with Crippen molar-refractivity contribution in [1.82, 2.24) is 0 Å². The molecule has 0 fully saturated rings. The van der Waals surface area contributed by atoms with Gasteiger partial charge >= 0.3 is 0 Å². The van der Waals surface area contributed by atoms with E-state index in [4.69, 9.17) is 4.74 Å². The lowest BCUT2D eigenvalue weighted by atomic mass is 10.0. The molecule has 0 aliphatic carbocycles. The number of rotatable bonds is 3. The van der Waals surface area contributed by atoms with E-state index < -0.39 is 16.5 Å². The predicted molar refractivity (Wildman–Crippen MR) is 85.5 cm³/mol. The van der Waals surface area contributed by atoms with Crippen molar-refractivity contribution in [3.05, 3.63) is 62.0 Å². The SMILES string of the molecule is COc1ccc(C(Br)c2cc(F)c(Br)cc2F)cc1Br. The standard InChI is InChI=1S/C14H9Br3F2O/c1-20-13-3-2-7(4-10(13)16)14(17)8-5-12(19)9(15)6-11(8)18/h2-6,14H,1H3. The Morgan fingerprint density at radius 3 is 2.30 bits per heavy atom. The van der Waals surface area contributed by atoms with Gasteiger partial charge < -0.3 is 4.74 Å². The summed E-state index contributed by atoms with van der Waals surface area (Å²) in [6.45, 7) is 0. The van der Waals surface area contributed by atoms with Crippen molar-refractivity contribution < 1.29 is 13.5 Å². The zero-order valence-corrected chi connectivity index (χ0v) is 15.0. The molecule has 0 saturated carbocycles. The molecule has 0 spiro atoms. The van der Waals surface area contributed by atoms with Crippen LogP contribution in [0.25, 0.3) is 0 Å². The van der Waals surface area contributed by atoms with E-state index in [0.29, 0.717) is 5.75 Å². The normalized spacial score (nSPS) is 12.3. The lowest BCUT2D eigenvalue weighted by Gasteiger charge is -2.14. The number of alkyl halides is 1. The van der Waals surface area contributed by atoms with Gasteiger partial charge in [0, 0.05) is 5.56 Å². The minimum atomic E-state index is -0.501. The quantitative estimate of drug-likeness (QED) is 0.396. The maximum Gasteiger partial charge on any atom is 0.137 e. The minimum Gasteiger partial charge on any atom is -0.496 e. The van der Waals surface area contributed by atoms with Gasteiger partial charge in [-0.3, -0.25) is 0 Å². The van der Waals surface area contributed by atoms with E-state index in [1.54, 1.807) is 25.3 Å². The second-order valence-corrected chi connectivity index (χ2v) is 6.67. The van der Waals surface area contributed by atoms with Crippen LogP contribution in [0.15, 0.2) is 39.3 Å². The van der Waals surface area contributed by atoms with Gasteiger partial charge in [-0.15, -0.1) is 0 Å². The highest BCUT2D eigenvalue weighted by atomic mass is 79.9. The van der Waals surface area contributed by atoms with Gasteiger partial charge in [-0.2, -0.15) is 0 Å². The summed E-state index contributed by atoms with van der Waals surface area (Å²) in [6.07, 6.45) is 0. The third kappa shape index (κ3) is 3.23. The number of benzene rings is 2. The van der Waals surface area contributed by atoms with E-state index >= 15 is 0 Å². The second-order valence-electron chi connectivity index (χ2n) is 4.04. The predicted octanol–water partition coefficient (Wildman–Crippen LogP) is 5.98. The average molecular weight is 471 g/mol. The average Bonchev–Trinajstić information content (AvgIpc) is 2.42. The fraction of sp³-hybridized carbons (Fsp3) is 0.143. The summed E-state index contributed by atoms with van der Waals surface area (Å²) in [5.74, 6) is -0.304. The number of methoxy groups -OCH3 is 1. The van der Waals surface area contributed by atoms with Crippen LogP contribution in [-0.4, -0.2) is 7.11 Å². The highest BCUT2D eigenvalue weighted by Gasteiger charge is 2.18. The second kappa shape index (κ2) is 6.54. The van der Waals surface area contributed by atoms with Gasteiger partial charge in [-0.05, 0) is 61.7 Å². The largest absolute Gasteiger partial charge is 0.496 e. The summed E-state index contributed by atoms with van der Waals surface area (Å²) in [5, 5.41) is 0. The molecule has 6 heteroatoms. The number of ether oxygens (including phenoxy) is 1. The Balaban J connectivity index is 2.43. The van der Waals surface area contributed by atoms with E-state index in [9.17, 15) is 8.78 Å². The third-order valence-electron chi connectivity index (χ3n) is 2.78. The van der Waals surface area contributed by atoms with Crippen LogP contribution in [-0.2, 0) is 0 Å². The molecule has 1 atom stereocenters. The lowest BCUT2D eigenvalue weighted by molar-refractivity contribution is 0.412. The van der Waals surface area contributed by atoms with Crippen molar-refractivity contribution >= 4 is 47.8 Å².